The third-order valence-corrected chi connectivity index (χ3v) is 11.5. The van der Waals surface area contributed by atoms with Gasteiger partial charge >= 0.3 is 0 Å². The summed E-state index contributed by atoms with van der Waals surface area (Å²) in [4.78, 5) is 11.1. The van der Waals surface area contributed by atoms with E-state index in [2.05, 4.69) is 40.7 Å². The minimum Gasteiger partial charge on any atom is -0.353 e. The molecule has 4 aliphatic rings. The van der Waals surface area contributed by atoms with Crippen molar-refractivity contribution in [1.29, 1.82) is 0 Å². The number of rotatable bonds is 12. The van der Waals surface area contributed by atoms with Gasteiger partial charge in [0.15, 0.2) is 18.4 Å². The summed E-state index contributed by atoms with van der Waals surface area (Å²) in [5.41, 5.74) is 5.16. The summed E-state index contributed by atoms with van der Waals surface area (Å²) in [6, 6.07) is 0. The van der Waals surface area contributed by atoms with Gasteiger partial charge in [-0.2, -0.15) is 0 Å². The second-order valence-corrected chi connectivity index (χ2v) is 13.8. The molecule has 222 valence electrons. The van der Waals surface area contributed by atoms with E-state index >= 15 is 0 Å². The smallest absolute Gasteiger partial charge is 0.179 e. The molecule has 3 unspecified atom stereocenters. The van der Waals surface area contributed by atoms with Crippen LogP contribution in [0.15, 0.2) is 22.8 Å². The Labute approximate surface area is 238 Å². The number of allylic oxidation sites excluding steroid dienone is 4. The van der Waals surface area contributed by atoms with E-state index in [-0.39, 0.29) is 28.8 Å². The minimum atomic E-state index is -0.771. The lowest BCUT2D eigenvalue weighted by atomic mass is 9.45. The van der Waals surface area contributed by atoms with E-state index in [0.717, 1.165) is 44.8 Å². The lowest BCUT2D eigenvalue weighted by Gasteiger charge is -2.63. The zero-order valence-corrected chi connectivity index (χ0v) is 26.4. The van der Waals surface area contributed by atoms with Gasteiger partial charge < -0.3 is 23.7 Å². The highest BCUT2D eigenvalue weighted by Crippen LogP contribution is 2.69. The molecule has 0 bridgehead atoms. The van der Waals surface area contributed by atoms with Crippen LogP contribution in [0.4, 0.5) is 0 Å². The van der Waals surface area contributed by atoms with Gasteiger partial charge in [-0.1, -0.05) is 46.3 Å². The maximum atomic E-state index is 11.1. The Hall–Kier alpha value is -1.01. The van der Waals surface area contributed by atoms with Crippen molar-refractivity contribution in [2.45, 2.75) is 138 Å². The van der Waals surface area contributed by atoms with Crippen LogP contribution in [0.25, 0.3) is 0 Å². The van der Waals surface area contributed by atoms with Crippen molar-refractivity contribution in [2.75, 3.05) is 13.2 Å². The van der Waals surface area contributed by atoms with Crippen molar-refractivity contribution in [3.05, 3.63) is 22.8 Å². The van der Waals surface area contributed by atoms with E-state index in [9.17, 15) is 4.79 Å². The highest BCUT2D eigenvalue weighted by Gasteiger charge is 2.64. The molecule has 5 nitrogen and oxygen atoms in total. The van der Waals surface area contributed by atoms with E-state index in [1.165, 1.54) is 12.8 Å². The first kappa shape index (κ1) is 30.9. The van der Waals surface area contributed by atoms with Gasteiger partial charge in [0.25, 0.3) is 0 Å². The molecule has 0 aliphatic heterocycles. The third-order valence-electron chi connectivity index (χ3n) is 11.5. The molecule has 0 aromatic heterocycles. The lowest BCUT2D eigenvalue weighted by Crippen LogP contribution is -2.63. The van der Waals surface area contributed by atoms with Gasteiger partial charge in [0.05, 0.1) is 0 Å². The van der Waals surface area contributed by atoms with E-state index in [4.69, 9.17) is 18.9 Å². The third kappa shape index (κ3) is 5.24. The van der Waals surface area contributed by atoms with Crippen molar-refractivity contribution >= 4 is 6.29 Å². The standard InChI is InChI=1S/C34H56O5/c1-10-36-24(4)38-34(39-25(5)37-11-2)21-20-33(9)29-18-19-32(8)27(23(3)13-12-22-35)15-16-28(32)26(29)14-17-30(33)31(34,6)7/h16,22-25,27,30H,10-15,17-21H2,1-9H3/t23-,24?,25?,27-,30?,32-,33-,34?/m1/s1. The first-order chi connectivity index (χ1) is 18.4. The summed E-state index contributed by atoms with van der Waals surface area (Å²) >= 11 is 0. The van der Waals surface area contributed by atoms with Crippen molar-refractivity contribution in [3.8, 4) is 0 Å². The molecule has 0 saturated heterocycles. The Morgan fingerprint density at radius 1 is 0.923 bits per heavy atom. The Morgan fingerprint density at radius 3 is 2.15 bits per heavy atom. The number of fused-ring (bicyclic) bond motifs is 4. The van der Waals surface area contributed by atoms with Crippen LogP contribution < -0.4 is 0 Å². The average molecular weight is 545 g/mol. The monoisotopic (exact) mass is 544 g/mol. The van der Waals surface area contributed by atoms with Crippen molar-refractivity contribution in [3.63, 3.8) is 0 Å². The molecule has 5 heteroatoms. The van der Waals surface area contributed by atoms with Gasteiger partial charge in [0.2, 0.25) is 0 Å². The SMILES string of the molecule is CCOC(C)OC1(OC(C)OCC)CC[C@]2(C)C3=C(CCC2C1(C)C)C1=CC[C@H]([C@H](C)CCC=O)[C@@]1(C)CC3. The van der Waals surface area contributed by atoms with Crippen LogP contribution in [0.3, 0.4) is 0 Å². The normalized spacial score (nSPS) is 37.8. The molecule has 0 aromatic carbocycles. The Bertz CT molecular complexity index is 935. The van der Waals surface area contributed by atoms with E-state index in [1.54, 1.807) is 16.7 Å². The summed E-state index contributed by atoms with van der Waals surface area (Å²) in [7, 11) is 0. The fourth-order valence-electron chi connectivity index (χ4n) is 9.57. The minimum absolute atomic E-state index is 0.125. The van der Waals surface area contributed by atoms with Crippen molar-refractivity contribution in [2.24, 2.45) is 34.0 Å². The summed E-state index contributed by atoms with van der Waals surface area (Å²) in [5, 5.41) is 0. The fraction of sp³-hybridized carbons (Fsp3) is 0.853. The number of carbonyl (C=O) groups excluding carboxylic acids is 1. The molecule has 0 N–H and O–H groups in total. The first-order valence-electron chi connectivity index (χ1n) is 15.9. The Morgan fingerprint density at radius 2 is 1.56 bits per heavy atom. The molecule has 0 radical (unpaired) electrons. The number of ether oxygens (including phenoxy) is 4. The van der Waals surface area contributed by atoms with Crippen LogP contribution in [0.2, 0.25) is 0 Å². The summed E-state index contributed by atoms with van der Waals surface area (Å²) in [6.07, 6.45) is 12.4. The number of hydrogen-bond donors (Lipinski definition) is 0. The number of carbonyl (C=O) groups is 1. The van der Waals surface area contributed by atoms with Crippen LogP contribution in [0.1, 0.15) is 120 Å². The average Bonchev–Trinajstić information content (AvgIpc) is 3.23. The number of hydrogen-bond acceptors (Lipinski definition) is 5. The predicted molar refractivity (Wildman–Crippen MR) is 156 cm³/mol. The van der Waals surface area contributed by atoms with Crippen molar-refractivity contribution < 1.29 is 23.7 Å². The van der Waals surface area contributed by atoms with Crippen LogP contribution in [0.5, 0.6) is 0 Å². The summed E-state index contributed by atoms with van der Waals surface area (Å²) in [6.45, 7) is 21.4. The molecule has 1 saturated carbocycles. The van der Waals surface area contributed by atoms with Gasteiger partial charge in [-0.15, -0.1) is 0 Å². The zero-order chi connectivity index (χ0) is 28.6. The molecule has 0 spiro atoms. The molecule has 0 heterocycles. The topological polar surface area (TPSA) is 54.0 Å². The summed E-state index contributed by atoms with van der Waals surface area (Å²) < 4.78 is 25.3. The molecular weight excluding hydrogens is 488 g/mol. The van der Waals surface area contributed by atoms with Gasteiger partial charge in [-0.25, -0.2) is 0 Å². The van der Waals surface area contributed by atoms with Crippen LogP contribution >= 0.6 is 0 Å². The van der Waals surface area contributed by atoms with E-state index < -0.39 is 5.79 Å². The molecule has 39 heavy (non-hydrogen) atoms. The van der Waals surface area contributed by atoms with Gasteiger partial charge in [0.1, 0.15) is 6.29 Å². The lowest BCUT2D eigenvalue weighted by molar-refractivity contribution is -0.404. The van der Waals surface area contributed by atoms with Gasteiger partial charge in [-0.05, 0) is 112 Å². The second kappa shape index (κ2) is 11.7. The fourth-order valence-corrected chi connectivity index (χ4v) is 9.57. The molecule has 0 aromatic rings. The van der Waals surface area contributed by atoms with Crippen LogP contribution in [0, 0.1) is 34.0 Å². The molecule has 4 aliphatic carbocycles. The zero-order valence-electron chi connectivity index (χ0n) is 26.4. The highest BCUT2D eigenvalue weighted by molar-refractivity contribution is 5.51. The Kier molecular flexibility index (Phi) is 9.28. The predicted octanol–water partition coefficient (Wildman–Crippen LogP) is 8.38. The molecule has 1 fully saturated rings. The molecular formula is C34H56O5. The second-order valence-electron chi connectivity index (χ2n) is 13.8. The van der Waals surface area contributed by atoms with Crippen molar-refractivity contribution in [1.82, 2.24) is 0 Å². The van der Waals surface area contributed by atoms with E-state index in [1.807, 2.05) is 27.7 Å². The maximum absolute atomic E-state index is 11.1. The van der Waals surface area contributed by atoms with Crippen LogP contribution in [-0.4, -0.2) is 37.9 Å². The van der Waals surface area contributed by atoms with Gasteiger partial charge in [0, 0.05) is 31.5 Å². The van der Waals surface area contributed by atoms with E-state index in [0.29, 0.717) is 37.4 Å². The largest absolute Gasteiger partial charge is 0.353 e. The van der Waals surface area contributed by atoms with Gasteiger partial charge in [-0.3, -0.25) is 0 Å². The highest BCUT2D eigenvalue weighted by atomic mass is 16.8. The first-order valence-corrected chi connectivity index (χ1v) is 15.9. The maximum Gasteiger partial charge on any atom is 0.179 e. The molecule has 7 atom stereocenters. The summed E-state index contributed by atoms with van der Waals surface area (Å²) in [5.74, 6) is 0.886. The molecule has 0 amide bonds. The quantitative estimate of drug-likeness (QED) is 0.182. The number of aldehydes is 1. The Balaban J connectivity index is 1.66. The molecule has 4 rings (SSSR count). The van der Waals surface area contributed by atoms with Crippen LogP contribution in [-0.2, 0) is 23.7 Å².